The van der Waals surface area contributed by atoms with Crippen LogP contribution in [0.4, 0.5) is 0 Å². The van der Waals surface area contributed by atoms with Gasteiger partial charge in [0.25, 0.3) is 0 Å². The molecule has 2 nitrogen and oxygen atoms in total. The van der Waals surface area contributed by atoms with Crippen molar-refractivity contribution in [3.05, 3.63) is 0 Å². The van der Waals surface area contributed by atoms with Crippen LogP contribution in [0.1, 0.15) is 32.6 Å². The standard InChI is InChI=1S/C10H19NO/c1-2-3-8-6-10(8,11)9-4-5-12-7-9/h8-9H,2-7,11H2,1H3. The lowest BCUT2D eigenvalue weighted by Gasteiger charge is -2.17. The first-order chi connectivity index (χ1) is 5.77. The summed E-state index contributed by atoms with van der Waals surface area (Å²) in [5.41, 5.74) is 6.48. The van der Waals surface area contributed by atoms with Crippen molar-refractivity contribution in [2.75, 3.05) is 13.2 Å². The zero-order valence-corrected chi connectivity index (χ0v) is 7.88. The van der Waals surface area contributed by atoms with E-state index in [-0.39, 0.29) is 5.54 Å². The third-order valence-corrected chi connectivity index (χ3v) is 3.53. The van der Waals surface area contributed by atoms with Crippen molar-refractivity contribution in [1.29, 1.82) is 0 Å². The third kappa shape index (κ3) is 1.27. The minimum absolute atomic E-state index is 0.173. The number of nitrogens with two attached hydrogens (primary N) is 1. The van der Waals surface area contributed by atoms with E-state index in [9.17, 15) is 0 Å². The van der Waals surface area contributed by atoms with E-state index in [4.69, 9.17) is 10.5 Å². The van der Waals surface area contributed by atoms with Crippen LogP contribution < -0.4 is 5.73 Å². The van der Waals surface area contributed by atoms with Gasteiger partial charge in [0, 0.05) is 18.1 Å². The van der Waals surface area contributed by atoms with Crippen LogP contribution in [0.5, 0.6) is 0 Å². The minimum Gasteiger partial charge on any atom is -0.381 e. The van der Waals surface area contributed by atoms with E-state index < -0.39 is 0 Å². The Morgan fingerprint density at radius 2 is 2.42 bits per heavy atom. The Hall–Kier alpha value is -0.0800. The molecule has 0 spiro atoms. The summed E-state index contributed by atoms with van der Waals surface area (Å²) in [6.07, 6.45) is 5.02. The molecule has 2 N–H and O–H groups in total. The van der Waals surface area contributed by atoms with Gasteiger partial charge in [-0.1, -0.05) is 13.3 Å². The maximum absolute atomic E-state index is 6.30. The lowest BCUT2D eigenvalue weighted by atomic mass is 9.94. The maximum atomic E-state index is 6.30. The Labute approximate surface area is 74.5 Å². The van der Waals surface area contributed by atoms with Gasteiger partial charge in [0.1, 0.15) is 0 Å². The van der Waals surface area contributed by atoms with E-state index >= 15 is 0 Å². The summed E-state index contributed by atoms with van der Waals surface area (Å²) in [7, 11) is 0. The number of hydrogen-bond donors (Lipinski definition) is 1. The highest BCUT2D eigenvalue weighted by Crippen LogP contribution is 2.51. The molecule has 3 atom stereocenters. The third-order valence-electron chi connectivity index (χ3n) is 3.53. The zero-order chi connectivity index (χ0) is 8.60. The van der Waals surface area contributed by atoms with Crippen molar-refractivity contribution in [3.63, 3.8) is 0 Å². The molecule has 1 aliphatic heterocycles. The van der Waals surface area contributed by atoms with Crippen LogP contribution in [0.25, 0.3) is 0 Å². The highest BCUT2D eigenvalue weighted by molar-refractivity contribution is 5.11. The van der Waals surface area contributed by atoms with Crippen molar-refractivity contribution in [3.8, 4) is 0 Å². The molecule has 2 aliphatic rings. The molecule has 0 aromatic heterocycles. The molecule has 2 heteroatoms. The van der Waals surface area contributed by atoms with Gasteiger partial charge in [0.05, 0.1) is 6.61 Å². The number of ether oxygens (including phenoxy) is 1. The molecule has 12 heavy (non-hydrogen) atoms. The SMILES string of the molecule is CCCC1CC1(N)C1CCOC1. The van der Waals surface area contributed by atoms with Crippen molar-refractivity contribution in [2.45, 2.75) is 38.1 Å². The Kier molecular flexibility index (Phi) is 2.13. The summed E-state index contributed by atoms with van der Waals surface area (Å²) < 4.78 is 5.37. The van der Waals surface area contributed by atoms with Crippen LogP contribution in [0.3, 0.4) is 0 Å². The second kappa shape index (κ2) is 3.00. The summed E-state index contributed by atoms with van der Waals surface area (Å²) in [4.78, 5) is 0. The van der Waals surface area contributed by atoms with Crippen LogP contribution >= 0.6 is 0 Å². The first-order valence-corrected chi connectivity index (χ1v) is 5.14. The Balaban J connectivity index is 1.87. The minimum atomic E-state index is 0.173. The van der Waals surface area contributed by atoms with Gasteiger partial charge in [-0.25, -0.2) is 0 Å². The monoisotopic (exact) mass is 169 g/mol. The normalized spacial score (nSPS) is 46.5. The lowest BCUT2D eigenvalue weighted by molar-refractivity contribution is 0.176. The predicted molar refractivity (Wildman–Crippen MR) is 48.9 cm³/mol. The fraction of sp³-hybridized carbons (Fsp3) is 1.00. The Morgan fingerprint density at radius 3 is 3.00 bits per heavy atom. The molecule has 0 aromatic carbocycles. The quantitative estimate of drug-likeness (QED) is 0.695. The molecule has 1 saturated carbocycles. The summed E-state index contributed by atoms with van der Waals surface area (Å²) in [5, 5.41) is 0. The fourth-order valence-electron chi connectivity index (χ4n) is 2.55. The fourth-order valence-corrected chi connectivity index (χ4v) is 2.55. The summed E-state index contributed by atoms with van der Waals surface area (Å²) in [6, 6.07) is 0. The van der Waals surface area contributed by atoms with Crippen LogP contribution in [-0.4, -0.2) is 18.8 Å². The summed E-state index contributed by atoms with van der Waals surface area (Å²) in [6.45, 7) is 4.09. The molecule has 0 radical (unpaired) electrons. The summed E-state index contributed by atoms with van der Waals surface area (Å²) >= 11 is 0. The predicted octanol–water partition coefficient (Wildman–Crippen LogP) is 1.54. The van der Waals surface area contributed by atoms with Crippen molar-refractivity contribution in [1.82, 2.24) is 0 Å². The van der Waals surface area contributed by atoms with Gasteiger partial charge in [-0.15, -0.1) is 0 Å². The van der Waals surface area contributed by atoms with Gasteiger partial charge in [-0.05, 0) is 25.2 Å². The molecule has 1 aliphatic carbocycles. The van der Waals surface area contributed by atoms with Gasteiger partial charge < -0.3 is 10.5 Å². The second-order valence-electron chi connectivity index (χ2n) is 4.36. The van der Waals surface area contributed by atoms with Gasteiger partial charge in [0.15, 0.2) is 0 Å². The van der Waals surface area contributed by atoms with Crippen LogP contribution in [0.2, 0.25) is 0 Å². The molecule has 70 valence electrons. The van der Waals surface area contributed by atoms with Gasteiger partial charge in [-0.3, -0.25) is 0 Å². The van der Waals surface area contributed by atoms with Crippen molar-refractivity contribution in [2.24, 2.45) is 17.6 Å². The van der Waals surface area contributed by atoms with Gasteiger partial charge in [-0.2, -0.15) is 0 Å². The lowest BCUT2D eigenvalue weighted by Crippen LogP contribution is -2.35. The molecule has 3 unspecified atom stereocenters. The van der Waals surface area contributed by atoms with Crippen LogP contribution in [0.15, 0.2) is 0 Å². The molecule has 0 bridgehead atoms. The summed E-state index contributed by atoms with van der Waals surface area (Å²) in [5.74, 6) is 1.46. The number of rotatable bonds is 3. The first kappa shape index (κ1) is 8.52. The zero-order valence-electron chi connectivity index (χ0n) is 7.88. The largest absolute Gasteiger partial charge is 0.381 e. The van der Waals surface area contributed by atoms with E-state index in [1.165, 1.54) is 25.7 Å². The van der Waals surface area contributed by atoms with Gasteiger partial charge >= 0.3 is 0 Å². The molecule has 2 rings (SSSR count). The molecule has 0 aromatic rings. The topological polar surface area (TPSA) is 35.2 Å². The van der Waals surface area contributed by atoms with Crippen LogP contribution in [0, 0.1) is 11.8 Å². The van der Waals surface area contributed by atoms with E-state index in [1.807, 2.05) is 0 Å². The van der Waals surface area contributed by atoms with E-state index in [2.05, 4.69) is 6.92 Å². The highest BCUT2D eigenvalue weighted by Gasteiger charge is 2.55. The highest BCUT2D eigenvalue weighted by atomic mass is 16.5. The molecule has 2 fully saturated rings. The van der Waals surface area contributed by atoms with E-state index in [0.29, 0.717) is 5.92 Å². The maximum Gasteiger partial charge on any atom is 0.0512 e. The molecule has 1 saturated heterocycles. The Bertz CT molecular complexity index is 165. The Morgan fingerprint density at radius 1 is 1.58 bits per heavy atom. The average molecular weight is 169 g/mol. The molecule has 1 heterocycles. The van der Waals surface area contributed by atoms with Crippen molar-refractivity contribution < 1.29 is 4.74 Å². The molecule has 0 amide bonds. The first-order valence-electron chi connectivity index (χ1n) is 5.14. The van der Waals surface area contributed by atoms with E-state index in [1.54, 1.807) is 0 Å². The second-order valence-corrected chi connectivity index (χ2v) is 4.36. The number of hydrogen-bond acceptors (Lipinski definition) is 2. The molecular formula is C10H19NO. The van der Waals surface area contributed by atoms with E-state index in [0.717, 1.165) is 19.1 Å². The van der Waals surface area contributed by atoms with Crippen LogP contribution in [-0.2, 0) is 4.74 Å². The smallest absolute Gasteiger partial charge is 0.0512 e. The van der Waals surface area contributed by atoms with Crippen molar-refractivity contribution >= 4 is 0 Å². The van der Waals surface area contributed by atoms with Gasteiger partial charge in [0.2, 0.25) is 0 Å². The molecular weight excluding hydrogens is 150 g/mol. The average Bonchev–Trinajstić information content (AvgIpc) is 2.57.